The van der Waals surface area contributed by atoms with Gasteiger partial charge in [-0.3, -0.25) is 9.78 Å². The van der Waals surface area contributed by atoms with Crippen molar-refractivity contribution in [2.45, 2.75) is 6.92 Å². The lowest BCUT2D eigenvalue weighted by Crippen LogP contribution is -2.07. The molecule has 0 aromatic carbocycles. The Hall–Kier alpha value is -2.36. The van der Waals surface area contributed by atoms with Crippen molar-refractivity contribution in [3.63, 3.8) is 0 Å². The molecule has 0 spiro atoms. The highest BCUT2D eigenvalue weighted by molar-refractivity contribution is 6.01. The summed E-state index contributed by atoms with van der Waals surface area (Å²) in [7, 11) is 0. The second kappa shape index (κ2) is 5.12. The van der Waals surface area contributed by atoms with E-state index in [1.165, 1.54) is 6.08 Å². The molecule has 2 heterocycles. The molecule has 4 heteroatoms. The lowest BCUT2D eigenvalue weighted by molar-refractivity contribution is -0.111. The highest BCUT2D eigenvalue weighted by Gasteiger charge is 1.98. The van der Waals surface area contributed by atoms with Crippen LogP contribution in [0.5, 0.6) is 0 Å². The predicted molar refractivity (Wildman–Crippen MR) is 65.3 cm³/mol. The van der Waals surface area contributed by atoms with E-state index in [0.29, 0.717) is 11.4 Å². The molecule has 1 N–H and O–H groups in total. The SMILES string of the molecule is Cc1ccc(/C=C/C(=O)Nc2ccncc2)o1. The van der Waals surface area contributed by atoms with Crippen molar-refractivity contribution in [1.29, 1.82) is 0 Å². The van der Waals surface area contributed by atoms with E-state index in [4.69, 9.17) is 4.42 Å². The zero-order valence-electron chi connectivity index (χ0n) is 9.38. The molecule has 0 saturated carbocycles. The van der Waals surface area contributed by atoms with Gasteiger partial charge in [0.2, 0.25) is 5.91 Å². The largest absolute Gasteiger partial charge is 0.462 e. The van der Waals surface area contributed by atoms with Gasteiger partial charge in [0, 0.05) is 24.2 Å². The summed E-state index contributed by atoms with van der Waals surface area (Å²) >= 11 is 0. The fraction of sp³-hybridized carbons (Fsp3) is 0.0769. The molecule has 0 unspecified atom stereocenters. The lowest BCUT2D eigenvalue weighted by Gasteiger charge is -1.99. The number of carbonyl (C=O) groups excluding carboxylic acids is 1. The summed E-state index contributed by atoms with van der Waals surface area (Å²) in [6, 6.07) is 7.11. The van der Waals surface area contributed by atoms with E-state index in [2.05, 4.69) is 10.3 Å². The highest BCUT2D eigenvalue weighted by atomic mass is 16.3. The van der Waals surface area contributed by atoms with Crippen molar-refractivity contribution in [2.75, 3.05) is 5.32 Å². The van der Waals surface area contributed by atoms with E-state index < -0.39 is 0 Å². The minimum atomic E-state index is -0.203. The number of furan rings is 1. The molecule has 2 aromatic heterocycles. The minimum absolute atomic E-state index is 0.203. The first-order valence-corrected chi connectivity index (χ1v) is 5.19. The number of pyridine rings is 1. The van der Waals surface area contributed by atoms with Crippen LogP contribution in [0.15, 0.2) is 47.2 Å². The molecule has 0 radical (unpaired) electrons. The average Bonchev–Trinajstić information content (AvgIpc) is 2.74. The fourth-order valence-corrected chi connectivity index (χ4v) is 1.32. The molecule has 1 amide bonds. The first-order valence-electron chi connectivity index (χ1n) is 5.19. The zero-order valence-corrected chi connectivity index (χ0v) is 9.38. The van der Waals surface area contributed by atoms with Gasteiger partial charge in [-0.15, -0.1) is 0 Å². The Morgan fingerprint density at radius 1 is 1.29 bits per heavy atom. The smallest absolute Gasteiger partial charge is 0.248 e. The third-order valence-electron chi connectivity index (χ3n) is 2.11. The van der Waals surface area contributed by atoms with Gasteiger partial charge in [-0.2, -0.15) is 0 Å². The highest BCUT2D eigenvalue weighted by Crippen LogP contribution is 2.08. The maximum atomic E-state index is 11.5. The third-order valence-corrected chi connectivity index (χ3v) is 2.11. The van der Waals surface area contributed by atoms with Crippen LogP contribution in [-0.2, 0) is 4.79 Å². The van der Waals surface area contributed by atoms with Crippen molar-refractivity contribution in [3.8, 4) is 0 Å². The van der Waals surface area contributed by atoms with E-state index in [1.54, 1.807) is 30.6 Å². The summed E-state index contributed by atoms with van der Waals surface area (Å²) < 4.78 is 5.31. The van der Waals surface area contributed by atoms with Crippen LogP contribution in [0.2, 0.25) is 0 Å². The normalized spacial score (nSPS) is 10.6. The van der Waals surface area contributed by atoms with E-state index in [-0.39, 0.29) is 5.91 Å². The molecular formula is C13H12N2O2. The summed E-state index contributed by atoms with van der Waals surface area (Å²) in [5.74, 6) is 1.27. The van der Waals surface area contributed by atoms with Gasteiger partial charge < -0.3 is 9.73 Å². The van der Waals surface area contributed by atoms with Crippen molar-refractivity contribution in [2.24, 2.45) is 0 Å². The number of aromatic nitrogens is 1. The van der Waals surface area contributed by atoms with Gasteiger partial charge >= 0.3 is 0 Å². The van der Waals surface area contributed by atoms with E-state index in [0.717, 1.165) is 5.76 Å². The summed E-state index contributed by atoms with van der Waals surface area (Å²) in [4.78, 5) is 15.4. The molecule has 17 heavy (non-hydrogen) atoms. The van der Waals surface area contributed by atoms with Crippen LogP contribution in [0, 0.1) is 6.92 Å². The zero-order chi connectivity index (χ0) is 12.1. The van der Waals surface area contributed by atoms with Gasteiger partial charge in [0.25, 0.3) is 0 Å². The van der Waals surface area contributed by atoms with E-state index in [1.807, 2.05) is 19.1 Å². The van der Waals surface area contributed by atoms with Gasteiger partial charge in [-0.25, -0.2) is 0 Å². The Labute approximate surface area is 99.0 Å². The molecule has 0 aliphatic carbocycles. The number of nitrogens with zero attached hydrogens (tertiary/aromatic N) is 1. The van der Waals surface area contributed by atoms with Gasteiger partial charge in [0.1, 0.15) is 11.5 Å². The Morgan fingerprint density at radius 3 is 2.71 bits per heavy atom. The molecule has 0 bridgehead atoms. The number of nitrogens with one attached hydrogen (secondary N) is 1. The molecule has 2 rings (SSSR count). The molecule has 86 valence electrons. The molecule has 2 aromatic rings. The molecule has 0 aliphatic heterocycles. The van der Waals surface area contributed by atoms with Crippen LogP contribution in [0.1, 0.15) is 11.5 Å². The summed E-state index contributed by atoms with van der Waals surface area (Å²) in [5.41, 5.74) is 0.713. The Kier molecular flexibility index (Phi) is 3.35. The molecular weight excluding hydrogens is 216 g/mol. The second-order valence-electron chi connectivity index (χ2n) is 3.51. The van der Waals surface area contributed by atoms with Crippen molar-refractivity contribution in [1.82, 2.24) is 4.98 Å². The van der Waals surface area contributed by atoms with Crippen LogP contribution in [0.25, 0.3) is 6.08 Å². The number of anilines is 1. The number of aryl methyl sites for hydroxylation is 1. The van der Waals surface area contributed by atoms with Gasteiger partial charge in [0.05, 0.1) is 0 Å². The van der Waals surface area contributed by atoms with Crippen LogP contribution in [0.4, 0.5) is 5.69 Å². The van der Waals surface area contributed by atoms with Crippen LogP contribution < -0.4 is 5.32 Å². The third kappa shape index (κ3) is 3.31. The fourth-order valence-electron chi connectivity index (χ4n) is 1.32. The number of rotatable bonds is 3. The Morgan fingerprint density at radius 2 is 2.06 bits per heavy atom. The minimum Gasteiger partial charge on any atom is -0.462 e. The molecule has 0 saturated heterocycles. The maximum Gasteiger partial charge on any atom is 0.248 e. The van der Waals surface area contributed by atoms with Gasteiger partial charge in [0.15, 0.2) is 0 Å². The van der Waals surface area contributed by atoms with Crippen LogP contribution in [-0.4, -0.2) is 10.9 Å². The lowest BCUT2D eigenvalue weighted by atomic mass is 10.3. The van der Waals surface area contributed by atoms with Crippen molar-refractivity contribution in [3.05, 3.63) is 54.3 Å². The van der Waals surface area contributed by atoms with Crippen molar-refractivity contribution < 1.29 is 9.21 Å². The first kappa shape index (κ1) is 11.1. The first-order chi connectivity index (χ1) is 8.24. The maximum absolute atomic E-state index is 11.5. The van der Waals surface area contributed by atoms with Crippen molar-refractivity contribution >= 4 is 17.7 Å². The summed E-state index contributed by atoms with van der Waals surface area (Å²) in [5, 5.41) is 2.71. The van der Waals surface area contributed by atoms with Gasteiger partial charge in [-0.1, -0.05) is 0 Å². The Bertz CT molecular complexity index is 529. The van der Waals surface area contributed by atoms with Crippen LogP contribution in [0.3, 0.4) is 0 Å². The molecule has 0 aliphatic rings. The Balaban J connectivity index is 1.96. The number of hydrogen-bond donors (Lipinski definition) is 1. The summed E-state index contributed by atoms with van der Waals surface area (Å²) in [6.07, 6.45) is 6.30. The second-order valence-corrected chi connectivity index (χ2v) is 3.51. The molecule has 4 nitrogen and oxygen atoms in total. The number of carbonyl (C=O) groups is 1. The number of hydrogen-bond acceptors (Lipinski definition) is 3. The predicted octanol–water partition coefficient (Wildman–Crippen LogP) is 2.63. The van der Waals surface area contributed by atoms with Gasteiger partial charge in [-0.05, 0) is 37.3 Å². The van der Waals surface area contributed by atoms with Crippen LogP contribution >= 0.6 is 0 Å². The monoisotopic (exact) mass is 228 g/mol. The average molecular weight is 228 g/mol. The topological polar surface area (TPSA) is 55.1 Å². The number of amides is 1. The molecule has 0 fully saturated rings. The molecule has 0 atom stereocenters. The summed E-state index contributed by atoms with van der Waals surface area (Å²) in [6.45, 7) is 1.86. The van der Waals surface area contributed by atoms with E-state index in [9.17, 15) is 4.79 Å². The quantitative estimate of drug-likeness (QED) is 0.821. The van der Waals surface area contributed by atoms with E-state index >= 15 is 0 Å². The standard InChI is InChI=1S/C13H12N2O2/c1-10-2-3-12(17-10)4-5-13(16)15-11-6-8-14-9-7-11/h2-9H,1H3,(H,14,15,16)/b5-4+.